The van der Waals surface area contributed by atoms with Crippen LogP contribution in [0.5, 0.6) is 0 Å². The number of carbonyl (C=O) groups excluding carboxylic acids is 1. The van der Waals surface area contributed by atoms with Gasteiger partial charge in [-0.1, -0.05) is 11.6 Å². The third-order valence-electron chi connectivity index (χ3n) is 2.55. The van der Waals surface area contributed by atoms with E-state index in [2.05, 4.69) is 20.5 Å². The summed E-state index contributed by atoms with van der Waals surface area (Å²) < 4.78 is 0. The average Bonchev–Trinajstić information content (AvgIpc) is 2.96. The molecule has 7 heteroatoms. The Labute approximate surface area is 126 Å². The standard InChI is InChI=1S/C13H15ClN4OS/c14-10-3-5-11(6-4-10)20-7-1-2-13(19)15-8-12-16-9-17-18-12/h3-6,9H,1-2,7-8H2,(H,15,19)(H,16,17,18). The summed E-state index contributed by atoms with van der Waals surface area (Å²) in [6.07, 6.45) is 2.76. The fraction of sp³-hybridized carbons (Fsp3) is 0.308. The van der Waals surface area contributed by atoms with Crippen LogP contribution in [0.4, 0.5) is 0 Å². The first-order valence-corrected chi connectivity index (χ1v) is 7.60. The fourth-order valence-electron chi connectivity index (χ4n) is 1.54. The third-order valence-corrected chi connectivity index (χ3v) is 3.90. The van der Waals surface area contributed by atoms with Gasteiger partial charge in [-0.25, -0.2) is 4.98 Å². The molecule has 5 nitrogen and oxygen atoms in total. The van der Waals surface area contributed by atoms with Crippen molar-refractivity contribution in [2.24, 2.45) is 0 Å². The zero-order chi connectivity index (χ0) is 14.2. The summed E-state index contributed by atoms with van der Waals surface area (Å²) in [5.41, 5.74) is 0. The van der Waals surface area contributed by atoms with Crippen LogP contribution in [0.3, 0.4) is 0 Å². The quantitative estimate of drug-likeness (QED) is 0.609. The molecule has 0 fully saturated rings. The lowest BCUT2D eigenvalue weighted by Gasteiger charge is -2.03. The topological polar surface area (TPSA) is 70.7 Å². The fourth-order valence-corrected chi connectivity index (χ4v) is 2.52. The second-order valence-corrected chi connectivity index (χ2v) is 5.72. The van der Waals surface area contributed by atoms with E-state index in [1.54, 1.807) is 11.8 Å². The van der Waals surface area contributed by atoms with Crippen molar-refractivity contribution in [3.05, 3.63) is 41.4 Å². The minimum atomic E-state index is 0.0260. The molecule has 106 valence electrons. The SMILES string of the molecule is O=C(CCCSc1ccc(Cl)cc1)NCc1ncn[nH]1. The van der Waals surface area contributed by atoms with E-state index in [0.29, 0.717) is 18.8 Å². The summed E-state index contributed by atoms with van der Waals surface area (Å²) in [6.45, 7) is 0.392. The predicted octanol–water partition coefficient (Wildman–Crippen LogP) is 2.65. The van der Waals surface area contributed by atoms with Crippen molar-refractivity contribution in [1.82, 2.24) is 20.5 Å². The Hall–Kier alpha value is -1.53. The van der Waals surface area contributed by atoms with Crippen LogP contribution in [0.15, 0.2) is 35.5 Å². The molecule has 0 aliphatic rings. The maximum absolute atomic E-state index is 11.6. The summed E-state index contributed by atoms with van der Waals surface area (Å²) in [5.74, 6) is 1.59. The molecule has 0 aliphatic heterocycles. The number of H-pyrrole nitrogens is 1. The molecule has 1 aromatic heterocycles. The molecule has 2 aromatic rings. The number of carbonyl (C=O) groups is 1. The highest BCUT2D eigenvalue weighted by Gasteiger charge is 2.03. The van der Waals surface area contributed by atoms with Crippen molar-refractivity contribution in [2.45, 2.75) is 24.3 Å². The number of rotatable bonds is 7. The molecule has 0 saturated heterocycles. The Balaban J connectivity index is 1.58. The van der Waals surface area contributed by atoms with Gasteiger partial charge in [0.15, 0.2) is 0 Å². The normalized spacial score (nSPS) is 10.4. The number of aromatic amines is 1. The zero-order valence-corrected chi connectivity index (χ0v) is 12.4. The summed E-state index contributed by atoms with van der Waals surface area (Å²) in [7, 11) is 0. The first-order valence-electron chi connectivity index (χ1n) is 6.23. The van der Waals surface area contributed by atoms with Gasteiger partial charge in [0.1, 0.15) is 12.2 Å². The number of halogens is 1. The highest BCUT2D eigenvalue weighted by atomic mass is 35.5. The lowest BCUT2D eigenvalue weighted by atomic mass is 10.3. The largest absolute Gasteiger partial charge is 0.349 e. The Morgan fingerprint density at radius 1 is 1.35 bits per heavy atom. The van der Waals surface area contributed by atoms with Crippen LogP contribution in [-0.2, 0) is 11.3 Å². The van der Waals surface area contributed by atoms with Crippen molar-refractivity contribution in [3.63, 3.8) is 0 Å². The summed E-state index contributed by atoms with van der Waals surface area (Å²) in [5, 5.41) is 9.94. The Bertz CT molecular complexity index is 530. The zero-order valence-electron chi connectivity index (χ0n) is 10.8. The lowest BCUT2D eigenvalue weighted by molar-refractivity contribution is -0.121. The van der Waals surface area contributed by atoms with Gasteiger partial charge in [-0.15, -0.1) is 11.8 Å². The minimum absolute atomic E-state index is 0.0260. The van der Waals surface area contributed by atoms with Crippen molar-refractivity contribution in [3.8, 4) is 0 Å². The van der Waals surface area contributed by atoms with Crippen LogP contribution >= 0.6 is 23.4 Å². The van der Waals surface area contributed by atoms with Gasteiger partial charge in [0, 0.05) is 16.3 Å². The molecule has 0 radical (unpaired) electrons. The van der Waals surface area contributed by atoms with Crippen LogP contribution in [0.1, 0.15) is 18.7 Å². The van der Waals surface area contributed by atoms with E-state index in [1.165, 1.54) is 6.33 Å². The highest BCUT2D eigenvalue weighted by Crippen LogP contribution is 2.21. The lowest BCUT2D eigenvalue weighted by Crippen LogP contribution is -2.23. The number of nitrogens with one attached hydrogen (secondary N) is 2. The van der Waals surface area contributed by atoms with Crippen LogP contribution in [0.2, 0.25) is 5.02 Å². The molecular weight excluding hydrogens is 296 g/mol. The van der Waals surface area contributed by atoms with E-state index < -0.39 is 0 Å². The second kappa shape index (κ2) is 7.91. The van der Waals surface area contributed by atoms with Gasteiger partial charge < -0.3 is 5.32 Å². The van der Waals surface area contributed by atoms with E-state index in [1.807, 2.05) is 24.3 Å². The number of hydrogen-bond acceptors (Lipinski definition) is 4. The monoisotopic (exact) mass is 310 g/mol. The molecule has 20 heavy (non-hydrogen) atoms. The molecule has 2 N–H and O–H groups in total. The van der Waals surface area contributed by atoms with E-state index >= 15 is 0 Å². The summed E-state index contributed by atoms with van der Waals surface area (Å²) in [4.78, 5) is 16.7. The Kier molecular flexibility index (Phi) is 5.88. The van der Waals surface area contributed by atoms with Gasteiger partial charge in [0.25, 0.3) is 0 Å². The maximum Gasteiger partial charge on any atom is 0.220 e. The molecule has 0 aliphatic carbocycles. The number of hydrogen-bond donors (Lipinski definition) is 2. The number of benzene rings is 1. The van der Waals surface area contributed by atoms with Gasteiger partial charge >= 0.3 is 0 Å². The van der Waals surface area contributed by atoms with Crippen molar-refractivity contribution in [1.29, 1.82) is 0 Å². The van der Waals surface area contributed by atoms with Crippen LogP contribution in [-0.4, -0.2) is 26.8 Å². The molecule has 1 heterocycles. The summed E-state index contributed by atoms with van der Waals surface area (Å²) >= 11 is 7.54. The molecule has 1 amide bonds. The number of thioether (sulfide) groups is 1. The third kappa shape index (κ3) is 5.22. The average molecular weight is 311 g/mol. The molecule has 0 saturated carbocycles. The van der Waals surface area contributed by atoms with E-state index in [-0.39, 0.29) is 5.91 Å². The molecule has 2 rings (SSSR count). The van der Waals surface area contributed by atoms with Crippen molar-refractivity contribution < 1.29 is 4.79 Å². The van der Waals surface area contributed by atoms with Crippen molar-refractivity contribution >= 4 is 29.3 Å². The molecule has 0 bridgehead atoms. The molecule has 1 aromatic carbocycles. The minimum Gasteiger partial charge on any atom is -0.349 e. The number of aromatic nitrogens is 3. The molecule has 0 atom stereocenters. The first-order chi connectivity index (χ1) is 9.74. The van der Waals surface area contributed by atoms with Crippen molar-refractivity contribution in [2.75, 3.05) is 5.75 Å². The predicted molar refractivity (Wildman–Crippen MR) is 79.6 cm³/mol. The number of amides is 1. The Morgan fingerprint density at radius 2 is 2.15 bits per heavy atom. The van der Waals surface area contributed by atoms with E-state index in [4.69, 9.17) is 11.6 Å². The first kappa shape index (κ1) is 14.9. The van der Waals surface area contributed by atoms with E-state index in [0.717, 1.165) is 22.1 Å². The van der Waals surface area contributed by atoms with Gasteiger partial charge in [-0.2, -0.15) is 5.10 Å². The maximum atomic E-state index is 11.6. The highest BCUT2D eigenvalue weighted by molar-refractivity contribution is 7.99. The molecule has 0 spiro atoms. The second-order valence-electron chi connectivity index (χ2n) is 4.11. The van der Waals surface area contributed by atoms with Gasteiger partial charge in [0.05, 0.1) is 6.54 Å². The molecule has 0 unspecified atom stereocenters. The van der Waals surface area contributed by atoms with Crippen LogP contribution < -0.4 is 5.32 Å². The van der Waals surface area contributed by atoms with Gasteiger partial charge in [-0.3, -0.25) is 9.89 Å². The number of nitrogens with zero attached hydrogens (tertiary/aromatic N) is 2. The van der Waals surface area contributed by atoms with Crippen LogP contribution in [0.25, 0.3) is 0 Å². The summed E-state index contributed by atoms with van der Waals surface area (Å²) in [6, 6.07) is 7.70. The van der Waals surface area contributed by atoms with E-state index in [9.17, 15) is 4.79 Å². The smallest absolute Gasteiger partial charge is 0.220 e. The Morgan fingerprint density at radius 3 is 2.85 bits per heavy atom. The van der Waals surface area contributed by atoms with Gasteiger partial charge in [0.2, 0.25) is 5.91 Å². The van der Waals surface area contributed by atoms with Gasteiger partial charge in [-0.05, 0) is 36.4 Å². The van der Waals surface area contributed by atoms with Crippen LogP contribution in [0, 0.1) is 0 Å². The molecular formula is C13H15ClN4OS.